The number of aromatic nitrogens is 4. The van der Waals surface area contributed by atoms with Gasteiger partial charge in [0, 0.05) is 39.2 Å². The fourth-order valence-electron chi connectivity index (χ4n) is 6.85. The minimum absolute atomic E-state index is 0.559. The van der Waals surface area contributed by atoms with E-state index in [4.69, 9.17) is 9.97 Å². The van der Waals surface area contributed by atoms with Gasteiger partial charge in [-0.2, -0.15) is 5.26 Å². The third-order valence-electron chi connectivity index (χ3n) is 9.31. The monoisotopic (exact) mass is 651 g/mol. The van der Waals surface area contributed by atoms with Gasteiger partial charge in [-0.05, 0) is 65.7 Å². The number of hydrogen-bond acceptors (Lipinski definition) is 4. The summed E-state index contributed by atoms with van der Waals surface area (Å²) in [6.45, 7) is 0. The van der Waals surface area contributed by atoms with E-state index in [-0.39, 0.29) is 0 Å². The van der Waals surface area contributed by atoms with Crippen LogP contribution < -0.4 is 0 Å². The quantitative estimate of drug-likeness (QED) is 0.179. The van der Waals surface area contributed by atoms with Gasteiger partial charge in [-0.1, -0.05) is 115 Å². The van der Waals surface area contributed by atoms with E-state index >= 15 is 0 Å². The van der Waals surface area contributed by atoms with Crippen molar-refractivity contribution in [1.82, 2.24) is 19.5 Å². The molecule has 0 fully saturated rings. The number of pyridine rings is 1. The summed E-state index contributed by atoms with van der Waals surface area (Å²) in [4.78, 5) is 15.0. The first-order valence-electron chi connectivity index (χ1n) is 16.8. The lowest BCUT2D eigenvalue weighted by atomic mass is 10.0. The van der Waals surface area contributed by atoms with Crippen LogP contribution in [0.3, 0.4) is 0 Å². The molecule has 9 aromatic rings. The molecule has 238 valence electrons. The number of nitriles is 1. The molecule has 0 amide bonds. The topological polar surface area (TPSA) is 67.4 Å². The molecule has 3 aromatic heterocycles. The van der Waals surface area contributed by atoms with Crippen LogP contribution >= 0.6 is 0 Å². The highest BCUT2D eigenvalue weighted by Crippen LogP contribution is 2.39. The summed E-state index contributed by atoms with van der Waals surface area (Å²) in [6.07, 6.45) is 1.87. The molecule has 0 aliphatic carbocycles. The van der Waals surface area contributed by atoms with Crippen molar-refractivity contribution in [2.24, 2.45) is 0 Å². The fraction of sp³-hybridized carbons (Fsp3) is 0. The molecule has 0 aliphatic heterocycles. The SMILES string of the molecule is N#Cc1ccc(-c2nc(-c3ccccc3)cc(-c3ccccc3)n2)c(-n2c3ccccc3c3cc(-c4ccnc(-c5ccccc5)c4)ccc32)c1. The van der Waals surface area contributed by atoms with Crippen LogP contribution in [0.25, 0.3) is 83.8 Å². The standard InChI is InChI=1S/C46H29N5/c47-30-31-20-22-38(46-49-41(33-14-6-2-7-15-33)29-42(50-46)34-16-8-3-9-17-34)45(26-31)51-43-19-11-10-18-37(43)39-27-35(21-23-44(39)51)36-24-25-48-40(28-36)32-12-4-1-5-13-32/h1-29H. The van der Waals surface area contributed by atoms with Crippen LogP contribution in [-0.4, -0.2) is 19.5 Å². The van der Waals surface area contributed by atoms with Crippen molar-refractivity contribution in [3.8, 4) is 68.0 Å². The minimum atomic E-state index is 0.559. The van der Waals surface area contributed by atoms with Crippen LogP contribution in [0.2, 0.25) is 0 Å². The number of hydrogen-bond donors (Lipinski definition) is 0. The number of nitrogens with zero attached hydrogens (tertiary/aromatic N) is 5. The van der Waals surface area contributed by atoms with Crippen molar-refractivity contribution in [3.05, 3.63) is 182 Å². The van der Waals surface area contributed by atoms with Crippen LogP contribution in [0.5, 0.6) is 0 Å². The average Bonchev–Trinajstić information content (AvgIpc) is 3.55. The number of rotatable bonds is 6. The van der Waals surface area contributed by atoms with Gasteiger partial charge in [-0.15, -0.1) is 0 Å². The lowest BCUT2D eigenvalue weighted by Gasteiger charge is -2.15. The smallest absolute Gasteiger partial charge is 0.162 e. The average molecular weight is 652 g/mol. The Balaban J connectivity index is 1.26. The van der Waals surface area contributed by atoms with E-state index in [9.17, 15) is 5.26 Å². The van der Waals surface area contributed by atoms with Gasteiger partial charge in [-0.25, -0.2) is 9.97 Å². The van der Waals surface area contributed by atoms with Crippen molar-refractivity contribution in [2.45, 2.75) is 0 Å². The number of fused-ring (bicyclic) bond motifs is 3. The Morgan fingerprint density at radius 3 is 1.71 bits per heavy atom. The highest BCUT2D eigenvalue weighted by atomic mass is 15.0. The summed E-state index contributed by atoms with van der Waals surface area (Å²) in [5.74, 6) is 0.586. The van der Waals surface area contributed by atoms with Gasteiger partial charge in [0.05, 0.1) is 45.4 Å². The third-order valence-corrected chi connectivity index (χ3v) is 9.31. The first kappa shape index (κ1) is 29.9. The Bertz CT molecular complexity index is 2690. The van der Waals surface area contributed by atoms with Gasteiger partial charge < -0.3 is 4.57 Å². The third kappa shape index (κ3) is 5.51. The summed E-state index contributed by atoms with van der Waals surface area (Å²) in [7, 11) is 0. The minimum Gasteiger partial charge on any atom is -0.308 e. The van der Waals surface area contributed by atoms with Gasteiger partial charge in [-0.3, -0.25) is 4.98 Å². The lowest BCUT2D eigenvalue weighted by Crippen LogP contribution is -2.02. The maximum Gasteiger partial charge on any atom is 0.162 e. The normalized spacial score (nSPS) is 11.1. The molecule has 5 nitrogen and oxygen atoms in total. The van der Waals surface area contributed by atoms with Crippen molar-refractivity contribution < 1.29 is 0 Å². The van der Waals surface area contributed by atoms with E-state index in [1.165, 1.54) is 0 Å². The zero-order valence-corrected chi connectivity index (χ0v) is 27.5. The largest absolute Gasteiger partial charge is 0.308 e. The summed E-state index contributed by atoms with van der Waals surface area (Å²) >= 11 is 0. The van der Waals surface area contributed by atoms with Crippen molar-refractivity contribution in [1.29, 1.82) is 5.26 Å². The molecule has 0 atom stereocenters. The van der Waals surface area contributed by atoms with Gasteiger partial charge in [0.15, 0.2) is 5.82 Å². The Morgan fingerprint density at radius 1 is 0.451 bits per heavy atom. The van der Waals surface area contributed by atoms with E-state index in [2.05, 4.69) is 107 Å². The predicted octanol–water partition coefficient (Wildman–Crippen LogP) is 11.2. The van der Waals surface area contributed by atoms with Gasteiger partial charge in [0.25, 0.3) is 0 Å². The lowest BCUT2D eigenvalue weighted by molar-refractivity contribution is 1.14. The molecule has 0 bridgehead atoms. The molecular formula is C46H29N5. The number of para-hydroxylation sites is 1. The predicted molar refractivity (Wildman–Crippen MR) is 206 cm³/mol. The Hall–Kier alpha value is -7.16. The molecule has 0 radical (unpaired) electrons. The first-order chi connectivity index (χ1) is 25.2. The first-order valence-corrected chi connectivity index (χ1v) is 16.8. The Kier molecular flexibility index (Phi) is 7.46. The molecule has 0 N–H and O–H groups in total. The van der Waals surface area contributed by atoms with E-state index in [0.717, 1.165) is 78.0 Å². The van der Waals surface area contributed by atoms with Gasteiger partial charge in [0.2, 0.25) is 0 Å². The fourth-order valence-corrected chi connectivity index (χ4v) is 6.85. The van der Waals surface area contributed by atoms with Crippen molar-refractivity contribution >= 4 is 21.8 Å². The molecule has 9 rings (SSSR count). The second kappa shape index (κ2) is 12.7. The number of benzene rings is 6. The van der Waals surface area contributed by atoms with Crippen LogP contribution in [0.15, 0.2) is 176 Å². The highest BCUT2D eigenvalue weighted by molar-refractivity contribution is 6.11. The van der Waals surface area contributed by atoms with Crippen LogP contribution in [-0.2, 0) is 0 Å². The summed E-state index contributed by atoms with van der Waals surface area (Å²) in [5, 5.41) is 12.3. The second-order valence-corrected chi connectivity index (χ2v) is 12.4. The molecule has 5 heteroatoms. The van der Waals surface area contributed by atoms with Crippen molar-refractivity contribution in [3.63, 3.8) is 0 Å². The maximum absolute atomic E-state index is 10.1. The van der Waals surface area contributed by atoms with E-state index < -0.39 is 0 Å². The molecular weight excluding hydrogens is 623 g/mol. The van der Waals surface area contributed by atoms with E-state index in [1.807, 2.05) is 85.1 Å². The van der Waals surface area contributed by atoms with Crippen LogP contribution in [0, 0.1) is 11.3 Å². The molecule has 51 heavy (non-hydrogen) atoms. The van der Waals surface area contributed by atoms with E-state index in [1.54, 1.807) is 0 Å². The summed E-state index contributed by atoms with van der Waals surface area (Å²) < 4.78 is 2.24. The van der Waals surface area contributed by atoms with Gasteiger partial charge in [0.1, 0.15) is 0 Å². The van der Waals surface area contributed by atoms with Gasteiger partial charge >= 0.3 is 0 Å². The van der Waals surface area contributed by atoms with E-state index in [0.29, 0.717) is 11.4 Å². The maximum atomic E-state index is 10.1. The summed E-state index contributed by atoms with van der Waals surface area (Å²) in [5.41, 5.74) is 12.2. The van der Waals surface area contributed by atoms with Crippen LogP contribution in [0.4, 0.5) is 0 Å². The molecule has 0 saturated heterocycles. The molecule has 6 aromatic carbocycles. The summed E-state index contributed by atoms with van der Waals surface area (Å²) in [6, 6.07) is 60.0. The molecule has 0 saturated carbocycles. The molecule has 0 aliphatic rings. The molecule has 3 heterocycles. The molecule has 0 unspecified atom stereocenters. The zero-order valence-electron chi connectivity index (χ0n) is 27.5. The highest BCUT2D eigenvalue weighted by Gasteiger charge is 2.20. The zero-order chi connectivity index (χ0) is 34.1. The Labute approximate surface area is 295 Å². The van der Waals surface area contributed by atoms with Crippen molar-refractivity contribution in [2.75, 3.05) is 0 Å². The Morgan fingerprint density at radius 2 is 1.04 bits per heavy atom. The van der Waals surface area contributed by atoms with Crippen LogP contribution in [0.1, 0.15) is 5.56 Å². The second-order valence-electron chi connectivity index (χ2n) is 12.4. The molecule has 0 spiro atoms.